The van der Waals surface area contributed by atoms with Gasteiger partial charge in [0.15, 0.2) is 0 Å². The van der Waals surface area contributed by atoms with Gasteiger partial charge in [0.05, 0.1) is 18.8 Å². The van der Waals surface area contributed by atoms with Crippen LogP contribution >= 0.6 is 0 Å². The first-order valence-electron chi connectivity index (χ1n) is 24.9. The first-order chi connectivity index (χ1) is 27.7. The maximum Gasteiger partial charge on any atom is 0.220 e. The number of carbonyl (C=O) groups is 1. The van der Waals surface area contributed by atoms with E-state index >= 15 is 0 Å². The summed E-state index contributed by atoms with van der Waals surface area (Å²) in [6, 6.07) is -0.649. The lowest BCUT2D eigenvalue weighted by Crippen LogP contribution is -2.45. The number of carbonyl (C=O) groups excluding carboxylic acids is 1. The molecule has 0 spiro atoms. The summed E-state index contributed by atoms with van der Waals surface area (Å²) in [5.74, 6) is -0.0884. The van der Waals surface area contributed by atoms with Crippen LogP contribution in [0.2, 0.25) is 0 Å². The van der Waals surface area contributed by atoms with Crippen molar-refractivity contribution in [3.8, 4) is 0 Å². The third-order valence-electron chi connectivity index (χ3n) is 11.3. The van der Waals surface area contributed by atoms with Crippen LogP contribution in [0, 0.1) is 0 Å². The normalized spacial score (nSPS) is 13.3. The van der Waals surface area contributed by atoms with Crippen LogP contribution in [-0.2, 0) is 4.79 Å². The van der Waals surface area contributed by atoms with Gasteiger partial charge in [-0.2, -0.15) is 0 Å². The van der Waals surface area contributed by atoms with Crippen molar-refractivity contribution in [2.45, 2.75) is 270 Å². The summed E-state index contributed by atoms with van der Waals surface area (Å²) >= 11 is 0. The maximum absolute atomic E-state index is 12.3. The summed E-state index contributed by atoms with van der Waals surface area (Å²) in [7, 11) is 0. The summed E-state index contributed by atoms with van der Waals surface area (Å²) in [6.07, 6.45) is 65.5. The van der Waals surface area contributed by atoms with Crippen molar-refractivity contribution >= 4 is 5.91 Å². The summed E-state index contributed by atoms with van der Waals surface area (Å²) < 4.78 is 0. The second-order valence-corrected chi connectivity index (χ2v) is 16.9. The fourth-order valence-corrected chi connectivity index (χ4v) is 7.44. The Hall–Kier alpha value is -1.65. The first-order valence-corrected chi connectivity index (χ1v) is 24.9. The van der Waals surface area contributed by atoms with Crippen LogP contribution in [0.15, 0.2) is 48.6 Å². The molecule has 0 aliphatic heterocycles. The fraction of sp³-hybridized carbons (Fsp3) is 0.827. The molecule has 0 saturated heterocycles. The number of aliphatic hydroxyl groups excluding tert-OH is 2. The topological polar surface area (TPSA) is 69.6 Å². The van der Waals surface area contributed by atoms with Crippen LogP contribution in [-0.4, -0.2) is 34.9 Å². The number of amides is 1. The summed E-state index contributed by atoms with van der Waals surface area (Å²) in [5, 5.41) is 23.0. The number of allylic oxidation sites excluding steroid dienone is 7. The third kappa shape index (κ3) is 43.5. The fourth-order valence-electron chi connectivity index (χ4n) is 7.44. The molecule has 1 amide bonds. The Labute approximate surface area is 350 Å². The predicted molar refractivity (Wildman–Crippen MR) is 248 cm³/mol. The van der Waals surface area contributed by atoms with E-state index in [1.807, 2.05) is 6.08 Å². The largest absolute Gasteiger partial charge is 0.394 e. The Morgan fingerprint density at radius 1 is 0.411 bits per heavy atom. The van der Waals surface area contributed by atoms with Crippen LogP contribution in [0.3, 0.4) is 0 Å². The van der Waals surface area contributed by atoms with Crippen LogP contribution in [0.5, 0.6) is 0 Å². The molecule has 0 aliphatic carbocycles. The van der Waals surface area contributed by atoms with Crippen LogP contribution in [0.4, 0.5) is 0 Å². The van der Waals surface area contributed by atoms with E-state index in [-0.39, 0.29) is 12.5 Å². The molecule has 0 aromatic rings. The van der Waals surface area contributed by atoms with E-state index in [9.17, 15) is 15.0 Å². The zero-order chi connectivity index (χ0) is 40.7. The van der Waals surface area contributed by atoms with Crippen molar-refractivity contribution in [2.75, 3.05) is 6.61 Å². The van der Waals surface area contributed by atoms with E-state index in [0.29, 0.717) is 6.42 Å². The van der Waals surface area contributed by atoms with Gasteiger partial charge in [-0.3, -0.25) is 4.79 Å². The second kappa shape index (κ2) is 47.7. The average molecular weight is 784 g/mol. The minimum atomic E-state index is -0.873. The van der Waals surface area contributed by atoms with Gasteiger partial charge in [-0.25, -0.2) is 0 Å². The monoisotopic (exact) mass is 784 g/mol. The molecule has 0 aliphatic rings. The van der Waals surface area contributed by atoms with Gasteiger partial charge in [0.2, 0.25) is 5.91 Å². The average Bonchev–Trinajstić information content (AvgIpc) is 3.20. The number of hydrogen-bond acceptors (Lipinski definition) is 3. The van der Waals surface area contributed by atoms with Gasteiger partial charge in [-0.15, -0.1) is 0 Å². The molecule has 0 bridgehead atoms. The highest BCUT2D eigenvalue weighted by molar-refractivity contribution is 5.76. The number of unbranched alkanes of at least 4 members (excludes halogenated alkanes) is 32. The Morgan fingerprint density at radius 3 is 1.07 bits per heavy atom. The van der Waals surface area contributed by atoms with Crippen LogP contribution in [0.25, 0.3) is 0 Å². The molecule has 0 aromatic carbocycles. The molecule has 2 atom stereocenters. The molecule has 4 heteroatoms. The molecule has 56 heavy (non-hydrogen) atoms. The second-order valence-electron chi connectivity index (χ2n) is 16.9. The number of aliphatic hydroxyl groups is 2. The van der Waals surface area contributed by atoms with Gasteiger partial charge in [0.25, 0.3) is 0 Å². The highest BCUT2D eigenvalue weighted by Gasteiger charge is 2.17. The molecule has 0 heterocycles. The van der Waals surface area contributed by atoms with Crippen molar-refractivity contribution in [3.05, 3.63) is 48.6 Å². The maximum atomic E-state index is 12.3. The highest BCUT2D eigenvalue weighted by Crippen LogP contribution is 2.16. The summed E-state index contributed by atoms with van der Waals surface area (Å²) in [4.78, 5) is 12.3. The molecular formula is C52H97NO3. The molecule has 0 aromatic heterocycles. The van der Waals surface area contributed by atoms with Crippen molar-refractivity contribution < 1.29 is 15.0 Å². The van der Waals surface area contributed by atoms with Crippen molar-refractivity contribution in [1.29, 1.82) is 0 Å². The van der Waals surface area contributed by atoms with Gasteiger partial charge in [0.1, 0.15) is 0 Å². The molecule has 0 rings (SSSR count). The minimum absolute atomic E-state index is 0.0884. The smallest absolute Gasteiger partial charge is 0.220 e. The van der Waals surface area contributed by atoms with E-state index in [1.165, 1.54) is 186 Å². The highest BCUT2D eigenvalue weighted by atomic mass is 16.3. The molecule has 2 unspecified atom stereocenters. The SMILES string of the molecule is CCCCC/C=C\CCCCCCCC(=O)NC(CO)C(O)/C=C/CC/C=C/CC/C=C/CCCCCCCCCCCCCCCCCCCCCCCC. The van der Waals surface area contributed by atoms with Crippen LogP contribution in [0.1, 0.15) is 258 Å². The van der Waals surface area contributed by atoms with Crippen LogP contribution < -0.4 is 5.32 Å². The van der Waals surface area contributed by atoms with Crippen molar-refractivity contribution in [1.82, 2.24) is 5.32 Å². The Kier molecular flexibility index (Phi) is 46.3. The minimum Gasteiger partial charge on any atom is -0.394 e. The zero-order valence-electron chi connectivity index (χ0n) is 37.7. The molecular weight excluding hydrogens is 687 g/mol. The zero-order valence-corrected chi connectivity index (χ0v) is 37.7. The van der Waals surface area contributed by atoms with E-state index in [4.69, 9.17) is 0 Å². The molecule has 328 valence electrons. The lowest BCUT2D eigenvalue weighted by Gasteiger charge is -2.19. The van der Waals surface area contributed by atoms with Gasteiger partial charge in [-0.1, -0.05) is 229 Å². The van der Waals surface area contributed by atoms with Gasteiger partial charge < -0.3 is 15.5 Å². The molecule has 3 N–H and O–H groups in total. The Morgan fingerprint density at radius 2 is 0.696 bits per heavy atom. The van der Waals surface area contributed by atoms with E-state index in [0.717, 1.165) is 51.4 Å². The molecule has 0 radical (unpaired) electrons. The first kappa shape index (κ1) is 54.3. The van der Waals surface area contributed by atoms with Crippen molar-refractivity contribution in [2.24, 2.45) is 0 Å². The number of rotatable bonds is 45. The third-order valence-corrected chi connectivity index (χ3v) is 11.3. The van der Waals surface area contributed by atoms with E-state index in [2.05, 4.69) is 55.6 Å². The predicted octanol–water partition coefficient (Wildman–Crippen LogP) is 15.9. The standard InChI is InChI=1S/C52H97NO3/c1-3-5-7-9-11-13-15-17-18-19-20-21-22-23-24-25-26-27-28-29-30-31-32-33-34-35-36-37-39-41-43-45-47-51(55)50(49-54)53-52(56)48-46-44-42-40-38-16-14-12-10-8-6-4-2/h12,14,33-34,37,39,45,47,50-51,54-55H,3-11,13,15-32,35-36,38,40-44,46,48-49H2,1-2H3,(H,53,56)/b14-12-,34-33+,39-37+,47-45+. The number of nitrogens with one attached hydrogen (secondary N) is 1. The molecule has 0 saturated carbocycles. The molecule has 4 nitrogen and oxygen atoms in total. The van der Waals surface area contributed by atoms with Gasteiger partial charge in [-0.05, 0) is 70.6 Å². The van der Waals surface area contributed by atoms with E-state index in [1.54, 1.807) is 6.08 Å². The Balaban J connectivity index is 3.53. The summed E-state index contributed by atoms with van der Waals surface area (Å²) in [6.45, 7) is 4.27. The van der Waals surface area contributed by atoms with Crippen molar-refractivity contribution in [3.63, 3.8) is 0 Å². The quantitative estimate of drug-likeness (QED) is 0.0425. The molecule has 0 fully saturated rings. The number of hydrogen-bond donors (Lipinski definition) is 3. The lowest BCUT2D eigenvalue weighted by atomic mass is 10.0. The van der Waals surface area contributed by atoms with Gasteiger partial charge >= 0.3 is 0 Å². The van der Waals surface area contributed by atoms with Gasteiger partial charge in [0, 0.05) is 6.42 Å². The Bertz CT molecular complexity index is 893. The van der Waals surface area contributed by atoms with E-state index < -0.39 is 12.1 Å². The lowest BCUT2D eigenvalue weighted by molar-refractivity contribution is -0.123. The summed E-state index contributed by atoms with van der Waals surface area (Å²) in [5.41, 5.74) is 0.